The number of rotatable bonds is 5. The maximum Gasteiger partial charge on any atom is 0.0328 e. The molecule has 0 aliphatic heterocycles. The highest BCUT2D eigenvalue weighted by atomic mass is 79.9. The second kappa shape index (κ2) is 7.06. The maximum absolute atomic E-state index is 3.65. The van der Waals surface area contributed by atoms with Gasteiger partial charge in [-0.05, 0) is 43.0 Å². The Labute approximate surface area is 128 Å². The van der Waals surface area contributed by atoms with E-state index in [-0.39, 0.29) is 0 Å². The van der Waals surface area contributed by atoms with Crippen LogP contribution in [0.2, 0.25) is 0 Å². The van der Waals surface area contributed by atoms with Crippen LogP contribution in [-0.2, 0) is 0 Å². The predicted molar refractivity (Wildman–Crippen MR) is 86.9 cm³/mol. The number of hydrogen-bond acceptors (Lipinski definition) is 1. The number of benzene rings is 1. The van der Waals surface area contributed by atoms with E-state index in [2.05, 4.69) is 76.1 Å². The summed E-state index contributed by atoms with van der Waals surface area (Å²) in [5.41, 5.74) is 1.77. The zero-order chi connectivity index (χ0) is 13.8. The monoisotopic (exact) mass is 375 g/mol. The fraction of sp³-hybridized carbons (Fsp3) is 0.600. The average molecular weight is 377 g/mol. The molecule has 1 nitrogen and oxygen atoms in total. The van der Waals surface area contributed by atoms with Gasteiger partial charge in [-0.15, -0.1) is 0 Å². The summed E-state index contributed by atoms with van der Waals surface area (Å²) >= 11 is 7.15. The van der Waals surface area contributed by atoms with E-state index < -0.39 is 0 Å². The van der Waals surface area contributed by atoms with Gasteiger partial charge < -0.3 is 5.32 Å². The molecule has 0 aromatic heterocycles. The molecule has 0 aliphatic rings. The summed E-state index contributed by atoms with van der Waals surface area (Å²) in [6, 6.07) is 6.83. The van der Waals surface area contributed by atoms with Crippen molar-refractivity contribution >= 4 is 31.9 Å². The van der Waals surface area contributed by atoms with Crippen LogP contribution in [0.5, 0.6) is 0 Å². The van der Waals surface area contributed by atoms with Crippen molar-refractivity contribution in [1.29, 1.82) is 0 Å². The van der Waals surface area contributed by atoms with Crippen LogP contribution in [0, 0.1) is 5.41 Å². The second-order valence-electron chi connectivity index (χ2n) is 5.96. The molecule has 0 saturated carbocycles. The summed E-state index contributed by atoms with van der Waals surface area (Å²) in [6.45, 7) is 6.91. The van der Waals surface area contributed by atoms with Crippen molar-refractivity contribution in [3.8, 4) is 0 Å². The Bertz CT molecular complexity index is 383. The summed E-state index contributed by atoms with van der Waals surface area (Å²) in [6.07, 6.45) is 3.69. The van der Waals surface area contributed by atoms with Crippen LogP contribution in [0.1, 0.15) is 51.6 Å². The maximum atomic E-state index is 3.65. The van der Waals surface area contributed by atoms with E-state index in [0.717, 1.165) is 4.47 Å². The third-order valence-corrected chi connectivity index (χ3v) is 4.29. The molecule has 0 fully saturated rings. The van der Waals surface area contributed by atoms with E-state index >= 15 is 0 Å². The van der Waals surface area contributed by atoms with E-state index in [9.17, 15) is 0 Å². The lowest BCUT2D eigenvalue weighted by atomic mass is 9.88. The molecule has 1 aromatic rings. The van der Waals surface area contributed by atoms with Gasteiger partial charge in [0.2, 0.25) is 0 Å². The van der Waals surface area contributed by atoms with Crippen molar-refractivity contribution in [2.45, 2.75) is 46.1 Å². The quantitative estimate of drug-likeness (QED) is 0.695. The largest absolute Gasteiger partial charge is 0.313 e. The van der Waals surface area contributed by atoms with Crippen molar-refractivity contribution in [3.63, 3.8) is 0 Å². The van der Waals surface area contributed by atoms with Gasteiger partial charge in [0.1, 0.15) is 0 Å². The lowest BCUT2D eigenvalue weighted by Crippen LogP contribution is -2.17. The number of hydrogen-bond donors (Lipinski definition) is 1. The van der Waals surface area contributed by atoms with Crippen LogP contribution in [0.15, 0.2) is 27.1 Å². The second-order valence-corrected chi connectivity index (χ2v) is 7.73. The number of halogens is 2. The first-order chi connectivity index (χ1) is 8.33. The lowest BCUT2D eigenvalue weighted by Gasteiger charge is -2.22. The first kappa shape index (κ1) is 16.2. The first-order valence-corrected chi connectivity index (χ1v) is 8.04. The van der Waals surface area contributed by atoms with Crippen molar-refractivity contribution < 1.29 is 0 Å². The van der Waals surface area contributed by atoms with Gasteiger partial charge in [0.15, 0.2) is 0 Å². The average Bonchev–Trinajstić information content (AvgIpc) is 2.24. The van der Waals surface area contributed by atoms with Crippen molar-refractivity contribution in [3.05, 3.63) is 32.7 Å². The van der Waals surface area contributed by atoms with Gasteiger partial charge in [0.05, 0.1) is 0 Å². The standard InChI is InChI=1S/C15H23Br2N/c1-15(2,3)9-5-6-14(18-4)12-8-7-11(16)10-13(12)17/h7-8,10,14,18H,5-6,9H2,1-4H3. The Kier molecular flexibility index (Phi) is 6.36. The van der Waals surface area contributed by atoms with Crippen LogP contribution in [0.25, 0.3) is 0 Å². The lowest BCUT2D eigenvalue weighted by molar-refractivity contribution is 0.347. The predicted octanol–water partition coefficient (Wildman–Crippen LogP) is 5.69. The highest BCUT2D eigenvalue weighted by Gasteiger charge is 2.15. The van der Waals surface area contributed by atoms with E-state index in [4.69, 9.17) is 0 Å². The van der Waals surface area contributed by atoms with Crippen LogP contribution < -0.4 is 5.32 Å². The summed E-state index contributed by atoms with van der Waals surface area (Å²) in [5.74, 6) is 0. The molecule has 1 N–H and O–H groups in total. The molecular formula is C15H23Br2N. The molecule has 0 radical (unpaired) electrons. The van der Waals surface area contributed by atoms with Gasteiger partial charge in [-0.3, -0.25) is 0 Å². The summed E-state index contributed by atoms with van der Waals surface area (Å²) in [7, 11) is 2.04. The molecule has 1 atom stereocenters. The summed E-state index contributed by atoms with van der Waals surface area (Å²) in [5, 5.41) is 3.42. The Morgan fingerprint density at radius 3 is 2.39 bits per heavy atom. The molecule has 18 heavy (non-hydrogen) atoms. The van der Waals surface area contributed by atoms with Crippen LogP contribution in [0.3, 0.4) is 0 Å². The molecule has 0 aliphatic carbocycles. The van der Waals surface area contributed by atoms with Gasteiger partial charge in [0, 0.05) is 15.0 Å². The van der Waals surface area contributed by atoms with Gasteiger partial charge in [0.25, 0.3) is 0 Å². The third kappa shape index (κ3) is 5.41. The smallest absolute Gasteiger partial charge is 0.0328 e. The van der Waals surface area contributed by atoms with E-state index in [1.54, 1.807) is 0 Å². The molecular weight excluding hydrogens is 354 g/mol. The van der Waals surface area contributed by atoms with Gasteiger partial charge in [-0.25, -0.2) is 0 Å². The Morgan fingerprint density at radius 2 is 1.89 bits per heavy atom. The molecule has 1 unspecified atom stereocenters. The Hall–Kier alpha value is 0.140. The van der Waals surface area contributed by atoms with E-state index in [1.807, 2.05) is 7.05 Å². The van der Waals surface area contributed by atoms with E-state index in [0.29, 0.717) is 11.5 Å². The van der Waals surface area contributed by atoms with E-state index in [1.165, 1.54) is 29.3 Å². The minimum Gasteiger partial charge on any atom is -0.313 e. The topological polar surface area (TPSA) is 12.0 Å². The minimum absolute atomic E-state index is 0.426. The molecule has 3 heteroatoms. The zero-order valence-corrected chi connectivity index (χ0v) is 14.9. The Morgan fingerprint density at radius 1 is 1.22 bits per heavy atom. The molecule has 0 saturated heterocycles. The first-order valence-electron chi connectivity index (χ1n) is 6.46. The number of nitrogens with one attached hydrogen (secondary N) is 1. The SMILES string of the molecule is CNC(CCCC(C)(C)C)c1ccc(Br)cc1Br. The molecule has 1 rings (SSSR count). The fourth-order valence-electron chi connectivity index (χ4n) is 2.08. The molecule has 102 valence electrons. The highest BCUT2D eigenvalue weighted by molar-refractivity contribution is 9.11. The van der Waals surface area contributed by atoms with Crippen molar-refractivity contribution in [1.82, 2.24) is 5.32 Å². The van der Waals surface area contributed by atoms with Gasteiger partial charge >= 0.3 is 0 Å². The molecule has 0 spiro atoms. The molecule has 1 aromatic carbocycles. The summed E-state index contributed by atoms with van der Waals surface area (Å²) in [4.78, 5) is 0. The van der Waals surface area contributed by atoms with Crippen LogP contribution >= 0.6 is 31.9 Å². The van der Waals surface area contributed by atoms with Crippen LogP contribution in [-0.4, -0.2) is 7.05 Å². The van der Waals surface area contributed by atoms with Crippen molar-refractivity contribution in [2.75, 3.05) is 7.05 Å². The molecule has 0 bridgehead atoms. The highest BCUT2D eigenvalue weighted by Crippen LogP contribution is 2.31. The van der Waals surface area contributed by atoms with Crippen LogP contribution in [0.4, 0.5) is 0 Å². The molecule has 0 amide bonds. The summed E-state index contributed by atoms with van der Waals surface area (Å²) < 4.78 is 2.29. The van der Waals surface area contributed by atoms with Crippen molar-refractivity contribution in [2.24, 2.45) is 5.41 Å². The molecule has 0 heterocycles. The van der Waals surface area contributed by atoms with Gasteiger partial charge in [-0.2, -0.15) is 0 Å². The minimum atomic E-state index is 0.426. The normalized spacial score (nSPS) is 13.7. The van der Waals surface area contributed by atoms with Gasteiger partial charge in [-0.1, -0.05) is 65.1 Å². The fourth-order valence-corrected chi connectivity index (χ4v) is 3.40. The Balaban J connectivity index is 2.66. The zero-order valence-electron chi connectivity index (χ0n) is 11.7. The third-order valence-electron chi connectivity index (χ3n) is 3.11.